The molecule has 0 spiro atoms. The van der Waals surface area contributed by atoms with Crippen molar-refractivity contribution in [2.45, 2.75) is 46.0 Å². The molecule has 1 aromatic carbocycles. The Balaban J connectivity index is 1.74. The van der Waals surface area contributed by atoms with E-state index in [0.29, 0.717) is 6.54 Å². The highest BCUT2D eigenvalue weighted by Gasteiger charge is 2.13. The maximum Gasteiger partial charge on any atom is 0.243 e. The minimum absolute atomic E-state index is 0.0139. The van der Waals surface area contributed by atoms with E-state index in [1.807, 2.05) is 32.0 Å². The summed E-state index contributed by atoms with van der Waals surface area (Å²) in [5.41, 5.74) is 2.99. The Morgan fingerprint density at radius 2 is 1.67 bits per heavy atom. The summed E-state index contributed by atoms with van der Waals surface area (Å²) in [6.07, 6.45) is 6.10. The number of likely N-dealkylation sites (tertiary alicyclic amines) is 1. The molecule has 0 bridgehead atoms. The van der Waals surface area contributed by atoms with Crippen LogP contribution in [0.4, 0.5) is 5.69 Å². The fraction of sp³-hybridized carbons (Fsp3) is 0.579. The fourth-order valence-electron chi connectivity index (χ4n) is 2.99. The number of amides is 2. The van der Waals surface area contributed by atoms with E-state index in [4.69, 9.17) is 0 Å². The van der Waals surface area contributed by atoms with Crippen LogP contribution in [0.15, 0.2) is 18.2 Å². The number of nitrogens with one attached hydrogen (secondary N) is 2. The van der Waals surface area contributed by atoms with Crippen molar-refractivity contribution in [3.05, 3.63) is 29.3 Å². The van der Waals surface area contributed by atoms with Gasteiger partial charge in [0, 0.05) is 5.69 Å². The predicted octanol–water partition coefficient (Wildman–Crippen LogP) is 2.62. The molecule has 2 rings (SSSR count). The van der Waals surface area contributed by atoms with Crippen molar-refractivity contribution >= 4 is 17.5 Å². The van der Waals surface area contributed by atoms with E-state index in [0.717, 1.165) is 42.7 Å². The highest BCUT2D eigenvalue weighted by atomic mass is 16.2. The molecule has 0 aromatic heterocycles. The summed E-state index contributed by atoms with van der Waals surface area (Å²) >= 11 is 0. The lowest BCUT2D eigenvalue weighted by atomic mass is 10.1. The number of carbonyl (C=O) groups is 2. The molecule has 5 nitrogen and oxygen atoms in total. The summed E-state index contributed by atoms with van der Waals surface area (Å²) in [5, 5.41) is 5.59. The van der Waals surface area contributed by atoms with E-state index in [-0.39, 0.29) is 18.4 Å². The minimum Gasteiger partial charge on any atom is -0.346 e. The molecule has 1 fully saturated rings. The number of anilines is 1. The topological polar surface area (TPSA) is 61.4 Å². The Hall–Kier alpha value is -1.88. The summed E-state index contributed by atoms with van der Waals surface area (Å²) in [6.45, 7) is 6.34. The zero-order chi connectivity index (χ0) is 17.4. The summed E-state index contributed by atoms with van der Waals surface area (Å²) < 4.78 is 0. The van der Waals surface area contributed by atoms with E-state index in [9.17, 15) is 9.59 Å². The van der Waals surface area contributed by atoms with Gasteiger partial charge in [0.15, 0.2) is 0 Å². The van der Waals surface area contributed by atoms with E-state index < -0.39 is 0 Å². The van der Waals surface area contributed by atoms with Crippen LogP contribution in [0.3, 0.4) is 0 Å². The summed E-state index contributed by atoms with van der Waals surface area (Å²) in [4.78, 5) is 26.3. The molecule has 5 heteroatoms. The summed E-state index contributed by atoms with van der Waals surface area (Å²) in [5.74, 6) is -0.267. The second kappa shape index (κ2) is 9.42. The van der Waals surface area contributed by atoms with Gasteiger partial charge in [-0.15, -0.1) is 0 Å². The van der Waals surface area contributed by atoms with Crippen LogP contribution in [0.5, 0.6) is 0 Å². The monoisotopic (exact) mass is 331 g/mol. The molecule has 2 N–H and O–H groups in total. The zero-order valence-electron chi connectivity index (χ0n) is 14.9. The first-order valence-corrected chi connectivity index (χ1v) is 8.91. The first kappa shape index (κ1) is 18.5. The number of nitrogens with zero attached hydrogens (tertiary/aromatic N) is 1. The van der Waals surface area contributed by atoms with Gasteiger partial charge in [0.05, 0.1) is 13.1 Å². The largest absolute Gasteiger partial charge is 0.346 e. The van der Waals surface area contributed by atoms with Gasteiger partial charge in [-0.3, -0.25) is 14.5 Å². The smallest absolute Gasteiger partial charge is 0.243 e. The number of rotatable bonds is 5. The molecule has 1 saturated heterocycles. The summed E-state index contributed by atoms with van der Waals surface area (Å²) in [6, 6.07) is 5.80. The number of aryl methyl sites for hydroxylation is 1. The first-order valence-electron chi connectivity index (χ1n) is 8.91. The molecule has 1 heterocycles. The van der Waals surface area contributed by atoms with Gasteiger partial charge in [-0.05, 0) is 57.0 Å². The first-order chi connectivity index (χ1) is 11.6. The Kier molecular flexibility index (Phi) is 7.25. The molecule has 24 heavy (non-hydrogen) atoms. The maximum atomic E-state index is 12.1. The lowest BCUT2D eigenvalue weighted by Crippen LogP contribution is -2.41. The van der Waals surface area contributed by atoms with Crippen LogP contribution < -0.4 is 10.6 Å². The molecule has 0 radical (unpaired) electrons. The van der Waals surface area contributed by atoms with Crippen LogP contribution in [0.2, 0.25) is 0 Å². The molecule has 1 aliphatic heterocycles. The van der Waals surface area contributed by atoms with E-state index in [1.54, 1.807) is 0 Å². The van der Waals surface area contributed by atoms with E-state index in [2.05, 4.69) is 15.5 Å². The van der Waals surface area contributed by atoms with Crippen LogP contribution in [0.25, 0.3) is 0 Å². The van der Waals surface area contributed by atoms with Gasteiger partial charge in [0.1, 0.15) is 0 Å². The lowest BCUT2D eigenvalue weighted by molar-refractivity contribution is -0.125. The molecular formula is C19H29N3O2. The van der Waals surface area contributed by atoms with E-state index >= 15 is 0 Å². The van der Waals surface area contributed by atoms with Gasteiger partial charge in [-0.2, -0.15) is 0 Å². The Morgan fingerprint density at radius 1 is 1.00 bits per heavy atom. The molecule has 132 valence electrons. The maximum absolute atomic E-state index is 12.1. The van der Waals surface area contributed by atoms with Crippen molar-refractivity contribution in [1.29, 1.82) is 0 Å². The molecular weight excluding hydrogens is 302 g/mol. The SMILES string of the molecule is Cc1cccc(NC(=O)CNC(=O)CN2CCCCCCC2)c1C. The third kappa shape index (κ3) is 5.96. The quantitative estimate of drug-likeness (QED) is 0.872. The third-order valence-corrected chi connectivity index (χ3v) is 4.64. The van der Waals surface area contributed by atoms with Gasteiger partial charge < -0.3 is 10.6 Å². The van der Waals surface area contributed by atoms with Crippen LogP contribution >= 0.6 is 0 Å². The van der Waals surface area contributed by atoms with E-state index in [1.165, 1.54) is 19.3 Å². The van der Waals surface area contributed by atoms with Gasteiger partial charge >= 0.3 is 0 Å². The molecule has 1 aromatic rings. The van der Waals surface area contributed by atoms with Crippen molar-refractivity contribution in [3.8, 4) is 0 Å². The molecule has 0 unspecified atom stereocenters. The van der Waals surface area contributed by atoms with Crippen molar-refractivity contribution in [2.75, 3.05) is 31.5 Å². The van der Waals surface area contributed by atoms with Crippen LogP contribution in [0, 0.1) is 13.8 Å². The van der Waals surface area contributed by atoms with Crippen molar-refractivity contribution in [3.63, 3.8) is 0 Å². The number of hydrogen-bond donors (Lipinski definition) is 2. The Morgan fingerprint density at radius 3 is 2.38 bits per heavy atom. The molecule has 1 aliphatic rings. The number of benzene rings is 1. The zero-order valence-corrected chi connectivity index (χ0v) is 14.9. The van der Waals surface area contributed by atoms with Gasteiger partial charge in [0.2, 0.25) is 11.8 Å². The highest BCUT2D eigenvalue weighted by Crippen LogP contribution is 2.17. The van der Waals surface area contributed by atoms with Gasteiger partial charge in [0.25, 0.3) is 0 Å². The van der Waals surface area contributed by atoms with Gasteiger partial charge in [-0.25, -0.2) is 0 Å². The molecule has 0 aliphatic carbocycles. The molecule has 0 atom stereocenters. The Labute approximate surface area is 144 Å². The standard InChI is InChI=1S/C19H29N3O2/c1-15-9-8-10-17(16(15)2)21-18(23)13-20-19(24)14-22-11-6-4-3-5-7-12-22/h8-10H,3-7,11-14H2,1-2H3,(H,20,24)(H,21,23). The molecule has 2 amide bonds. The normalized spacial score (nSPS) is 16.1. The number of carbonyl (C=O) groups excluding carboxylic acids is 2. The van der Waals surface area contributed by atoms with Gasteiger partial charge in [-0.1, -0.05) is 31.4 Å². The lowest BCUT2D eigenvalue weighted by Gasteiger charge is -2.23. The number of hydrogen-bond acceptors (Lipinski definition) is 3. The van der Waals surface area contributed by atoms with Crippen LogP contribution in [0.1, 0.15) is 43.2 Å². The highest BCUT2D eigenvalue weighted by molar-refractivity contribution is 5.95. The van der Waals surface area contributed by atoms with Crippen LogP contribution in [-0.2, 0) is 9.59 Å². The van der Waals surface area contributed by atoms with Crippen molar-refractivity contribution in [2.24, 2.45) is 0 Å². The Bertz CT molecular complexity index is 564. The molecule has 0 saturated carbocycles. The van der Waals surface area contributed by atoms with Crippen molar-refractivity contribution < 1.29 is 9.59 Å². The summed E-state index contributed by atoms with van der Waals surface area (Å²) in [7, 11) is 0. The fourth-order valence-corrected chi connectivity index (χ4v) is 2.99. The second-order valence-corrected chi connectivity index (χ2v) is 6.62. The van der Waals surface area contributed by atoms with Crippen LogP contribution in [-0.4, -0.2) is 42.9 Å². The predicted molar refractivity (Wildman–Crippen MR) is 97.1 cm³/mol. The minimum atomic E-state index is -0.190. The average Bonchev–Trinajstić information content (AvgIpc) is 2.52. The average molecular weight is 331 g/mol. The second-order valence-electron chi connectivity index (χ2n) is 6.62. The third-order valence-electron chi connectivity index (χ3n) is 4.64. The van der Waals surface area contributed by atoms with Crippen molar-refractivity contribution in [1.82, 2.24) is 10.2 Å².